The maximum absolute atomic E-state index is 13.9. The number of carbonyl (C=O) groups is 2. The van der Waals surface area contributed by atoms with Gasteiger partial charge in [0.25, 0.3) is 10.0 Å². The average Bonchev–Trinajstić information content (AvgIpc) is 2.89. The number of amides is 2. The average molecular weight is 712 g/mol. The molecule has 0 saturated heterocycles. The molecule has 0 aliphatic heterocycles. The molecule has 0 heterocycles. The molecule has 0 saturated carbocycles. The second-order valence-electron chi connectivity index (χ2n) is 9.27. The van der Waals surface area contributed by atoms with Gasteiger partial charge in [0.05, 0.1) is 10.6 Å². The Morgan fingerprint density at radius 1 is 0.947 bits per heavy atom. The molecule has 3 aromatic rings. The minimum Gasteiger partial charge on any atom is -0.354 e. The summed E-state index contributed by atoms with van der Waals surface area (Å²) in [5.74, 6) is -0.545. The van der Waals surface area contributed by atoms with Gasteiger partial charge >= 0.3 is 0 Å². The molecule has 38 heavy (non-hydrogen) atoms. The summed E-state index contributed by atoms with van der Waals surface area (Å²) in [6, 6.07) is 21.6. The first-order valence-corrected chi connectivity index (χ1v) is 15.4. The van der Waals surface area contributed by atoms with E-state index in [0.717, 1.165) is 17.9 Å². The van der Waals surface area contributed by atoms with E-state index in [1.54, 1.807) is 49.4 Å². The lowest BCUT2D eigenvalue weighted by atomic mass is 10.1. The molecule has 7 nitrogen and oxygen atoms in total. The highest BCUT2D eigenvalue weighted by molar-refractivity contribution is 14.1. The Kier molecular flexibility index (Phi) is 10.8. The lowest BCUT2D eigenvalue weighted by Gasteiger charge is -2.32. The van der Waals surface area contributed by atoms with E-state index in [4.69, 9.17) is 0 Å². The zero-order valence-corrected chi connectivity index (χ0v) is 26.0. The first kappa shape index (κ1) is 30.1. The fourth-order valence-electron chi connectivity index (χ4n) is 3.72. The van der Waals surface area contributed by atoms with Crippen LogP contribution < -0.4 is 9.62 Å². The van der Waals surface area contributed by atoms with E-state index in [1.807, 2.05) is 38.1 Å². The van der Waals surface area contributed by atoms with E-state index in [9.17, 15) is 18.0 Å². The van der Waals surface area contributed by atoms with Crippen LogP contribution in [0.15, 0.2) is 88.2 Å². The SMILES string of the molecule is CC(C)CNC(=O)[C@H](C)N(Cc1cccc(Br)c1)C(=O)CN(c1ccc(I)cc1)S(=O)(=O)c1ccccc1. The van der Waals surface area contributed by atoms with Gasteiger partial charge in [0.1, 0.15) is 12.6 Å². The third-order valence-electron chi connectivity index (χ3n) is 5.82. The predicted octanol–water partition coefficient (Wildman–Crippen LogP) is 5.44. The number of rotatable bonds is 11. The monoisotopic (exact) mass is 711 g/mol. The molecule has 3 rings (SSSR count). The van der Waals surface area contributed by atoms with Crippen molar-refractivity contribution < 1.29 is 18.0 Å². The van der Waals surface area contributed by atoms with Crippen molar-refractivity contribution in [3.05, 3.63) is 92.5 Å². The Balaban J connectivity index is 1.99. The van der Waals surface area contributed by atoms with Crippen molar-refractivity contribution in [2.45, 2.75) is 38.3 Å². The van der Waals surface area contributed by atoms with Gasteiger partial charge in [-0.1, -0.05) is 60.1 Å². The minimum atomic E-state index is -4.07. The van der Waals surface area contributed by atoms with Gasteiger partial charge in [-0.25, -0.2) is 8.42 Å². The van der Waals surface area contributed by atoms with Gasteiger partial charge < -0.3 is 10.2 Å². The molecule has 202 valence electrons. The van der Waals surface area contributed by atoms with Gasteiger partial charge in [-0.3, -0.25) is 13.9 Å². The molecule has 0 unspecified atom stereocenters. The largest absolute Gasteiger partial charge is 0.354 e. The quantitative estimate of drug-likeness (QED) is 0.269. The van der Waals surface area contributed by atoms with Gasteiger partial charge in [0.15, 0.2) is 0 Å². The highest BCUT2D eigenvalue weighted by atomic mass is 127. The summed E-state index contributed by atoms with van der Waals surface area (Å²) in [5.41, 5.74) is 1.17. The number of benzene rings is 3. The fourth-order valence-corrected chi connectivity index (χ4v) is 5.96. The molecule has 0 spiro atoms. The Morgan fingerprint density at radius 2 is 1.61 bits per heavy atom. The second kappa shape index (κ2) is 13.6. The number of sulfonamides is 1. The maximum atomic E-state index is 13.9. The standard InChI is InChI=1S/C28H31BrIN3O4S/c1-20(2)17-31-28(35)21(3)32(18-22-8-7-9-23(29)16-22)27(34)19-33(25-14-12-24(30)13-15-25)38(36,37)26-10-5-4-6-11-26/h4-16,20-21H,17-19H2,1-3H3,(H,31,35)/t21-/m0/s1. The number of hydrogen-bond donors (Lipinski definition) is 1. The molecule has 1 atom stereocenters. The highest BCUT2D eigenvalue weighted by Gasteiger charge is 2.32. The van der Waals surface area contributed by atoms with Crippen LogP contribution in [0.3, 0.4) is 0 Å². The Hall–Kier alpha value is -2.44. The van der Waals surface area contributed by atoms with E-state index in [-0.39, 0.29) is 23.3 Å². The van der Waals surface area contributed by atoms with Gasteiger partial charge in [-0.2, -0.15) is 0 Å². The molecule has 1 N–H and O–H groups in total. The third-order valence-corrected chi connectivity index (χ3v) is 8.82. The summed E-state index contributed by atoms with van der Waals surface area (Å²) in [7, 11) is -4.07. The van der Waals surface area contributed by atoms with E-state index < -0.39 is 28.5 Å². The Bertz CT molecular complexity index is 1350. The van der Waals surface area contributed by atoms with Gasteiger partial charge in [-0.15, -0.1) is 0 Å². The number of carbonyl (C=O) groups excluding carboxylic acids is 2. The fraction of sp³-hybridized carbons (Fsp3) is 0.286. The number of halogens is 2. The summed E-state index contributed by atoms with van der Waals surface area (Å²) >= 11 is 5.59. The molecule has 0 fully saturated rings. The highest BCUT2D eigenvalue weighted by Crippen LogP contribution is 2.25. The molecule has 0 aliphatic carbocycles. The summed E-state index contributed by atoms with van der Waals surface area (Å²) in [4.78, 5) is 28.4. The first-order chi connectivity index (χ1) is 18.0. The van der Waals surface area contributed by atoms with Crippen molar-refractivity contribution in [1.29, 1.82) is 0 Å². The smallest absolute Gasteiger partial charge is 0.264 e. The van der Waals surface area contributed by atoms with E-state index in [1.165, 1.54) is 17.0 Å². The van der Waals surface area contributed by atoms with Crippen LogP contribution >= 0.6 is 38.5 Å². The van der Waals surface area contributed by atoms with E-state index in [2.05, 4.69) is 43.8 Å². The zero-order chi connectivity index (χ0) is 27.9. The lowest BCUT2D eigenvalue weighted by Crippen LogP contribution is -2.51. The maximum Gasteiger partial charge on any atom is 0.264 e. The van der Waals surface area contributed by atoms with Gasteiger partial charge in [0.2, 0.25) is 11.8 Å². The summed E-state index contributed by atoms with van der Waals surface area (Å²) in [6.07, 6.45) is 0. The molecule has 10 heteroatoms. The van der Waals surface area contributed by atoms with Crippen LogP contribution in [0.5, 0.6) is 0 Å². The van der Waals surface area contributed by atoms with Gasteiger partial charge in [-0.05, 0) is 89.5 Å². The van der Waals surface area contributed by atoms with Crippen LogP contribution in [-0.4, -0.2) is 44.3 Å². The molecule has 0 bridgehead atoms. The molecule has 0 aliphatic rings. The Morgan fingerprint density at radius 3 is 2.21 bits per heavy atom. The number of hydrogen-bond acceptors (Lipinski definition) is 4. The molecular weight excluding hydrogens is 681 g/mol. The summed E-state index contributed by atoms with van der Waals surface area (Å²) in [6.45, 7) is 5.78. The summed E-state index contributed by atoms with van der Waals surface area (Å²) in [5, 5.41) is 2.89. The topological polar surface area (TPSA) is 86.8 Å². The first-order valence-electron chi connectivity index (χ1n) is 12.1. The van der Waals surface area contributed by atoms with Crippen molar-refractivity contribution >= 4 is 66.0 Å². The number of nitrogens with zero attached hydrogens (tertiary/aromatic N) is 2. The third kappa shape index (κ3) is 8.03. The van der Waals surface area contributed by atoms with Crippen LogP contribution in [0.1, 0.15) is 26.3 Å². The molecular formula is C28H31BrIN3O4S. The molecule has 0 aromatic heterocycles. The van der Waals surface area contributed by atoms with Crippen LogP contribution in [0, 0.1) is 9.49 Å². The van der Waals surface area contributed by atoms with Crippen molar-refractivity contribution in [2.24, 2.45) is 5.92 Å². The van der Waals surface area contributed by atoms with Crippen LogP contribution in [0.25, 0.3) is 0 Å². The van der Waals surface area contributed by atoms with Crippen molar-refractivity contribution in [3.8, 4) is 0 Å². The van der Waals surface area contributed by atoms with E-state index >= 15 is 0 Å². The molecule has 0 radical (unpaired) electrons. The van der Waals surface area contributed by atoms with Crippen molar-refractivity contribution in [3.63, 3.8) is 0 Å². The molecule has 2 amide bonds. The van der Waals surface area contributed by atoms with Crippen LogP contribution in [0.2, 0.25) is 0 Å². The minimum absolute atomic E-state index is 0.0765. The summed E-state index contributed by atoms with van der Waals surface area (Å²) < 4.78 is 30.3. The zero-order valence-electron chi connectivity index (χ0n) is 21.5. The van der Waals surface area contributed by atoms with Gasteiger partial charge in [0, 0.05) is 21.1 Å². The van der Waals surface area contributed by atoms with E-state index in [0.29, 0.717) is 12.2 Å². The predicted molar refractivity (Wildman–Crippen MR) is 162 cm³/mol. The molecule has 3 aromatic carbocycles. The number of nitrogens with one attached hydrogen (secondary N) is 1. The van der Waals surface area contributed by atoms with Crippen LogP contribution in [0.4, 0.5) is 5.69 Å². The Labute approximate surface area is 246 Å². The number of anilines is 1. The van der Waals surface area contributed by atoms with Crippen LogP contribution in [-0.2, 0) is 26.2 Å². The second-order valence-corrected chi connectivity index (χ2v) is 13.3. The lowest BCUT2D eigenvalue weighted by molar-refractivity contribution is -0.139. The van der Waals surface area contributed by atoms with Crippen molar-refractivity contribution in [1.82, 2.24) is 10.2 Å². The van der Waals surface area contributed by atoms with Crippen molar-refractivity contribution in [2.75, 3.05) is 17.4 Å². The normalized spacial score (nSPS) is 12.2.